The van der Waals surface area contributed by atoms with Gasteiger partial charge in [-0.05, 0) is 50.3 Å². The summed E-state index contributed by atoms with van der Waals surface area (Å²) < 4.78 is 9.67. The van der Waals surface area contributed by atoms with Crippen LogP contribution in [0.4, 0.5) is 0 Å². The molecule has 21 heavy (non-hydrogen) atoms. The van der Waals surface area contributed by atoms with Crippen LogP contribution in [0.5, 0.6) is 0 Å². The first-order valence-electron chi connectivity index (χ1n) is 7.73. The van der Waals surface area contributed by atoms with E-state index in [1.165, 1.54) is 11.5 Å². The Hall–Kier alpha value is -1.05. The standard InChI is InChI=1S/C14H24N4O2S/c1-2-4-12-13(21-18-17-12)14(19)16-7-3-10-20-11-5-8-15-9-6-11/h11,15H,2-10H2,1H3,(H,16,19). The Balaban J connectivity index is 1.61. The third-order valence-corrected chi connectivity index (χ3v) is 4.26. The van der Waals surface area contributed by atoms with Gasteiger partial charge in [-0.15, -0.1) is 5.10 Å². The summed E-state index contributed by atoms with van der Waals surface area (Å²) >= 11 is 1.17. The Morgan fingerprint density at radius 1 is 1.48 bits per heavy atom. The molecule has 6 nitrogen and oxygen atoms in total. The second kappa shape index (κ2) is 9.07. The van der Waals surface area contributed by atoms with Crippen molar-refractivity contribution in [2.24, 2.45) is 0 Å². The molecule has 1 saturated heterocycles. The molecule has 0 saturated carbocycles. The molecule has 0 bridgehead atoms. The number of ether oxygens (including phenoxy) is 1. The largest absolute Gasteiger partial charge is 0.378 e. The molecule has 0 aliphatic carbocycles. The summed E-state index contributed by atoms with van der Waals surface area (Å²) in [7, 11) is 0. The topological polar surface area (TPSA) is 76.1 Å². The third-order valence-electron chi connectivity index (χ3n) is 3.50. The zero-order chi connectivity index (χ0) is 14.9. The van der Waals surface area contributed by atoms with E-state index in [9.17, 15) is 4.79 Å². The lowest BCUT2D eigenvalue weighted by Crippen LogP contribution is -2.33. The van der Waals surface area contributed by atoms with Crippen LogP contribution in [0.3, 0.4) is 0 Å². The Morgan fingerprint density at radius 2 is 2.29 bits per heavy atom. The van der Waals surface area contributed by atoms with Crippen LogP contribution < -0.4 is 10.6 Å². The Kier molecular flexibility index (Phi) is 7.05. The van der Waals surface area contributed by atoms with E-state index in [1.807, 2.05) is 0 Å². The quantitative estimate of drug-likeness (QED) is 0.709. The molecule has 0 spiro atoms. The second-order valence-corrected chi connectivity index (χ2v) is 5.98. The van der Waals surface area contributed by atoms with Crippen molar-refractivity contribution < 1.29 is 9.53 Å². The fourth-order valence-corrected chi connectivity index (χ4v) is 2.97. The number of hydrogen-bond acceptors (Lipinski definition) is 6. The summed E-state index contributed by atoms with van der Waals surface area (Å²) in [5.74, 6) is -0.0599. The summed E-state index contributed by atoms with van der Waals surface area (Å²) in [6, 6.07) is 0. The van der Waals surface area contributed by atoms with E-state index in [4.69, 9.17) is 4.74 Å². The lowest BCUT2D eigenvalue weighted by Gasteiger charge is -2.22. The molecular weight excluding hydrogens is 288 g/mol. The molecule has 1 fully saturated rings. The first-order valence-corrected chi connectivity index (χ1v) is 8.50. The molecule has 0 aromatic carbocycles. The van der Waals surface area contributed by atoms with Gasteiger partial charge in [-0.25, -0.2) is 0 Å². The third kappa shape index (κ3) is 5.33. The van der Waals surface area contributed by atoms with Crippen molar-refractivity contribution in [3.63, 3.8) is 0 Å². The fraction of sp³-hybridized carbons (Fsp3) is 0.786. The maximum absolute atomic E-state index is 12.0. The average Bonchev–Trinajstić information content (AvgIpc) is 2.96. The SMILES string of the molecule is CCCc1nnsc1C(=O)NCCCOC1CCNCC1. The van der Waals surface area contributed by atoms with Gasteiger partial charge in [0.1, 0.15) is 4.88 Å². The maximum atomic E-state index is 12.0. The average molecular weight is 312 g/mol. The van der Waals surface area contributed by atoms with Gasteiger partial charge in [0, 0.05) is 13.2 Å². The van der Waals surface area contributed by atoms with E-state index < -0.39 is 0 Å². The van der Waals surface area contributed by atoms with Gasteiger partial charge in [-0.3, -0.25) is 4.79 Å². The lowest BCUT2D eigenvalue weighted by molar-refractivity contribution is 0.0318. The summed E-state index contributed by atoms with van der Waals surface area (Å²) in [5, 5.41) is 10.2. The van der Waals surface area contributed by atoms with E-state index in [0.717, 1.165) is 50.9 Å². The van der Waals surface area contributed by atoms with E-state index in [-0.39, 0.29) is 5.91 Å². The smallest absolute Gasteiger partial charge is 0.264 e. The molecule has 7 heteroatoms. The molecule has 2 N–H and O–H groups in total. The summed E-state index contributed by atoms with van der Waals surface area (Å²) in [4.78, 5) is 12.7. The number of nitrogens with one attached hydrogen (secondary N) is 2. The highest BCUT2D eigenvalue weighted by atomic mass is 32.1. The van der Waals surface area contributed by atoms with Crippen molar-refractivity contribution in [2.75, 3.05) is 26.2 Å². The van der Waals surface area contributed by atoms with Crippen molar-refractivity contribution in [1.82, 2.24) is 20.2 Å². The first-order chi connectivity index (χ1) is 10.3. The number of rotatable bonds is 8. The predicted molar refractivity (Wildman–Crippen MR) is 82.7 cm³/mol. The van der Waals surface area contributed by atoms with Crippen LogP contribution in [-0.4, -0.2) is 47.8 Å². The Labute approximate surface area is 129 Å². The minimum atomic E-state index is -0.0599. The molecule has 0 radical (unpaired) electrons. The van der Waals surface area contributed by atoms with Crippen molar-refractivity contribution in [3.8, 4) is 0 Å². The van der Waals surface area contributed by atoms with Crippen LogP contribution in [-0.2, 0) is 11.2 Å². The molecule has 2 heterocycles. The second-order valence-electron chi connectivity index (χ2n) is 5.23. The molecule has 1 aromatic heterocycles. The summed E-state index contributed by atoms with van der Waals surface area (Å²) in [5.41, 5.74) is 0.811. The number of aromatic nitrogens is 2. The van der Waals surface area contributed by atoms with E-state index in [2.05, 4.69) is 27.1 Å². The number of aryl methyl sites for hydroxylation is 1. The highest BCUT2D eigenvalue weighted by Crippen LogP contribution is 2.12. The predicted octanol–water partition coefficient (Wildman–Crippen LogP) is 1.38. The van der Waals surface area contributed by atoms with Crippen LogP contribution in [0.15, 0.2) is 0 Å². The van der Waals surface area contributed by atoms with Gasteiger partial charge in [0.25, 0.3) is 5.91 Å². The number of nitrogens with zero attached hydrogens (tertiary/aromatic N) is 2. The molecule has 0 atom stereocenters. The van der Waals surface area contributed by atoms with E-state index in [1.54, 1.807) is 0 Å². The van der Waals surface area contributed by atoms with Gasteiger partial charge >= 0.3 is 0 Å². The Bertz CT molecular complexity index is 432. The zero-order valence-corrected chi connectivity index (χ0v) is 13.4. The van der Waals surface area contributed by atoms with Gasteiger partial charge in [0.15, 0.2) is 0 Å². The Morgan fingerprint density at radius 3 is 3.05 bits per heavy atom. The number of hydrogen-bond donors (Lipinski definition) is 2. The van der Waals surface area contributed by atoms with Crippen molar-refractivity contribution in [3.05, 3.63) is 10.6 Å². The maximum Gasteiger partial charge on any atom is 0.264 e. The van der Waals surface area contributed by atoms with Crippen LogP contribution in [0.1, 0.15) is 48.0 Å². The molecule has 0 unspecified atom stereocenters. The number of piperidine rings is 1. The van der Waals surface area contributed by atoms with Crippen LogP contribution in [0.2, 0.25) is 0 Å². The molecule has 1 aliphatic rings. The molecule has 2 rings (SSSR count). The monoisotopic (exact) mass is 312 g/mol. The van der Waals surface area contributed by atoms with Crippen molar-refractivity contribution in [1.29, 1.82) is 0 Å². The highest BCUT2D eigenvalue weighted by molar-refractivity contribution is 7.08. The molecule has 1 amide bonds. The molecular formula is C14H24N4O2S. The van der Waals surface area contributed by atoms with Gasteiger partial charge < -0.3 is 15.4 Å². The van der Waals surface area contributed by atoms with E-state index >= 15 is 0 Å². The highest BCUT2D eigenvalue weighted by Gasteiger charge is 2.15. The van der Waals surface area contributed by atoms with Gasteiger partial charge in [0.05, 0.1) is 11.8 Å². The van der Waals surface area contributed by atoms with E-state index in [0.29, 0.717) is 24.1 Å². The molecule has 118 valence electrons. The van der Waals surface area contributed by atoms with Gasteiger partial charge in [-0.2, -0.15) is 0 Å². The summed E-state index contributed by atoms with van der Waals surface area (Å²) in [6.07, 6.45) is 5.15. The van der Waals surface area contributed by atoms with Crippen molar-refractivity contribution >= 4 is 17.4 Å². The summed E-state index contributed by atoms with van der Waals surface area (Å²) in [6.45, 7) is 5.49. The zero-order valence-electron chi connectivity index (χ0n) is 12.6. The number of amides is 1. The van der Waals surface area contributed by atoms with Gasteiger partial charge in [-0.1, -0.05) is 17.8 Å². The molecule has 1 aliphatic heterocycles. The number of carbonyl (C=O) groups excluding carboxylic acids is 1. The normalized spacial score (nSPS) is 16.0. The van der Waals surface area contributed by atoms with Gasteiger partial charge in [0.2, 0.25) is 0 Å². The minimum Gasteiger partial charge on any atom is -0.378 e. The lowest BCUT2D eigenvalue weighted by atomic mass is 10.1. The van der Waals surface area contributed by atoms with Crippen LogP contribution >= 0.6 is 11.5 Å². The molecule has 1 aromatic rings. The fourth-order valence-electron chi connectivity index (χ4n) is 2.35. The van der Waals surface area contributed by atoms with Crippen LogP contribution in [0.25, 0.3) is 0 Å². The first kappa shape index (κ1) is 16.3. The van der Waals surface area contributed by atoms with Crippen LogP contribution in [0, 0.1) is 0 Å². The van der Waals surface area contributed by atoms with Crippen molar-refractivity contribution in [2.45, 2.75) is 45.1 Å². The number of carbonyl (C=O) groups is 1. The minimum absolute atomic E-state index is 0.0599.